The number of aliphatic hydroxyl groups is 1. The van der Waals surface area contributed by atoms with Gasteiger partial charge >= 0.3 is 7.82 Å². The highest BCUT2D eigenvalue weighted by molar-refractivity contribution is 7.46. The summed E-state index contributed by atoms with van der Waals surface area (Å²) < 4.78 is 14.8. The number of aliphatic hydroxyl groups excluding tert-OH is 1. The van der Waals surface area contributed by atoms with E-state index in [-0.39, 0.29) is 13.2 Å². The summed E-state index contributed by atoms with van der Waals surface area (Å²) in [4.78, 5) is 21.4. The van der Waals surface area contributed by atoms with Gasteiger partial charge in [-0.25, -0.2) is 4.57 Å². The second-order valence-electron chi connectivity index (χ2n) is 4.08. The second kappa shape index (κ2) is 7.43. The number of piperazine rings is 1. The predicted molar refractivity (Wildman–Crippen MR) is 62.6 cm³/mol. The summed E-state index contributed by atoms with van der Waals surface area (Å²) in [6.45, 7) is 5.49. The zero-order chi connectivity index (χ0) is 12.7. The first kappa shape index (κ1) is 15.0. The lowest BCUT2D eigenvalue weighted by molar-refractivity contribution is 0.106. The van der Waals surface area contributed by atoms with E-state index in [1.165, 1.54) is 0 Å². The molecule has 17 heavy (non-hydrogen) atoms. The van der Waals surface area contributed by atoms with Gasteiger partial charge in [0, 0.05) is 39.3 Å². The van der Waals surface area contributed by atoms with Gasteiger partial charge in [0.1, 0.15) is 0 Å². The molecule has 1 rings (SSSR count). The van der Waals surface area contributed by atoms with Crippen molar-refractivity contribution < 1.29 is 24.0 Å². The summed E-state index contributed by atoms with van der Waals surface area (Å²) in [6, 6.07) is 0. The highest BCUT2D eigenvalue weighted by Crippen LogP contribution is 2.35. The fourth-order valence-corrected chi connectivity index (χ4v) is 2.22. The summed E-state index contributed by atoms with van der Waals surface area (Å²) in [7, 11) is -4.31. The van der Waals surface area contributed by atoms with Crippen molar-refractivity contribution in [2.45, 2.75) is 6.42 Å². The average Bonchev–Trinajstić information content (AvgIpc) is 2.26. The third-order valence-electron chi connectivity index (χ3n) is 2.76. The maximum Gasteiger partial charge on any atom is 0.469 e. The predicted octanol–water partition coefficient (Wildman–Crippen LogP) is -0.904. The van der Waals surface area contributed by atoms with Crippen molar-refractivity contribution in [2.75, 3.05) is 52.5 Å². The van der Waals surface area contributed by atoms with Gasteiger partial charge < -0.3 is 19.8 Å². The van der Waals surface area contributed by atoms with Crippen molar-refractivity contribution in [3.05, 3.63) is 0 Å². The lowest BCUT2D eigenvalue weighted by Gasteiger charge is -2.34. The van der Waals surface area contributed by atoms with Crippen LogP contribution in [0.1, 0.15) is 6.42 Å². The zero-order valence-electron chi connectivity index (χ0n) is 9.86. The standard InChI is InChI=1S/C9H21N2O5P/c12-8-7-11-5-3-10(4-6-11)2-1-9-16-17(13,14)15/h12H,1-9H2,(H2,13,14,15). The third-order valence-corrected chi connectivity index (χ3v) is 3.28. The van der Waals surface area contributed by atoms with Crippen LogP contribution in [0.15, 0.2) is 0 Å². The number of nitrogens with zero attached hydrogens (tertiary/aromatic N) is 2. The highest BCUT2D eigenvalue weighted by Gasteiger charge is 2.17. The van der Waals surface area contributed by atoms with Crippen LogP contribution in [0, 0.1) is 0 Å². The van der Waals surface area contributed by atoms with Crippen molar-refractivity contribution in [2.24, 2.45) is 0 Å². The van der Waals surface area contributed by atoms with Crippen molar-refractivity contribution in [3.8, 4) is 0 Å². The zero-order valence-corrected chi connectivity index (χ0v) is 10.8. The molecule has 7 nitrogen and oxygen atoms in total. The fourth-order valence-electron chi connectivity index (χ4n) is 1.85. The monoisotopic (exact) mass is 268 g/mol. The Morgan fingerprint density at radius 3 is 2.06 bits per heavy atom. The highest BCUT2D eigenvalue weighted by atomic mass is 31.2. The van der Waals surface area contributed by atoms with E-state index in [2.05, 4.69) is 14.3 Å². The van der Waals surface area contributed by atoms with Gasteiger partial charge in [0.25, 0.3) is 0 Å². The fraction of sp³-hybridized carbons (Fsp3) is 1.00. The summed E-state index contributed by atoms with van der Waals surface area (Å²) >= 11 is 0. The number of phosphoric acid groups is 1. The molecule has 0 spiro atoms. The van der Waals surface area contributed by atoms with Crippen LogP contribution in [0.25, 0.3) is 0 Å². The molecule has 0 aromatic heterocycles. The maximum absolute atomic E-state index is 10.4. The molecule has 0 radical (unpaired) electrons. The number of phosphoric ester groups is 1. The van der Waals surface area contributed by atoms with Crippen LogP contribution in [-0.2, 0) is 9.09 Å². The van der Waals surface area contributed by atoms with E-state index in [4.69, 9.17) is 14.9 Å². The Kier molecular flexibility index (Phi) is 6.58. The lowest BCUT2D eigenvalue weighted by atomic mass is 10.3. The first-order valence-electron chi connectivity index (χ1n) is 5.77. The van der Waals surface area contributed by atoms with Crippen LogP contribution >= 0.6 is 7.82 Å². The quantitative estimate of drug-likeness (QED) is 0.407. The van der Waals surface area contributed by atoms with Gasteiger partial charge in [0.2, 0.25) is 0 Å². The molecule has 102 valence electrons. The third kappa shape index (κ3) is 7.10. The number of hydrogen-bond donors (Lipinski definition) is 3. The van der Waals surface area contributed by atoms with E-state index in [9.17, 15) is 4.57 Å². The van der Waals surface area contributed by atoms with Gasteiger partial charge in [-0.3, -0.25) is 9.42 Å². The molecule has 0 aliphatic carbocycles. The lowest BCUT2D eigenvalue weighted by Crippen LogP contribution is -2.47. The molecule has 1 saturated heterocycles. The Labute approximate surface area is 101 Å². The van der Waals surface area contributed by atoms with Crippen LogP contribution in [0.4, 0.5) is 0 Å². The van der Waals surface area contributed by atoms with Crippen molar-refractivity contribution in [1.82, 2.24) is 9.80 Å². The van der Waals surface area contributed by atoms with Crippen LogP contribution in [0.5, 0.6) is 0 Å². The largest absolute Gasteiger partial charge is 0.469 e. The molecule has 0 bridgehead atoms. The normalized spacial score (nSPS) is 19.7. The van der Waals surface area contributed by atoms with E-state index < -0.39 is 7.82 Å². The molecule has 1 heterocycles. The Bertz CT molecular complexity index is 252. The minimum absolute atomic E-state index is 0.0845. The number of rotatable bonds is 7. The molecule has 0 unspecified atom stereocenters. The van der Waals surface area contributed by atoms with Crippen LogP contribution in [0.2, 0.25) is 0 Å². The Hall–Kier alpha value is -0.0100. The molecule has 0 amide bonds. The van der Waals surface area contributed by atoms with Gasteiger partial charge in [-0.2, -0.15) is 0 Å². The smallest absolute Gasteiger partial charge is 0.395 e. The van der Waals surface area contributed by atoms with E-state index in [1.54, 1.807) is 0 Å². The summed E-state index contributed by atoms with van der Waals surface area (Å²) in [5.41, 5.74) is 0. The topological polar surface area (TPSA) is 93.5 Å². The van der Waals surface area contributed by atoms with Crippen LogP contribution < -0.4 is 0 Å². The van der Waals surface area contributed by atoms with E-state index >= 15 is 0 Å². The maximum atomic E-state index is 10.4. The van der Waals surface area contributed by atoms with Crippen molar-refractivity contribution >= 4 is 7.82 Å². The van der Waals surface area contributed by atoms with Gasteiger partial charge in [-0.1, -0.05) is 0 Å². The minimum atomic E-state index is -4.31. The summed E-state index contributed by atoms with van der Waals surface area (Å²) in [5.74, 6) is 0. The van der Waals surface area contributed by atoms with Crippen molar-refractivity contribution in [3.63, 3.8) is 0 Å². The molecule has 1 fully saturated rings. The summed E-state index contributed by atoms with van der Waals surface area (Å²) in [6.07, 6.45) is 0.616. The molecule has 1 aliphatic rings. The second-order valence-corrected chi connectivity index (χ2v) is 5.32. The Morgan fingerprint density at radius 2 is 1.59 bits per heavy atom. The van der Waals surface area contributed by atoms with Gasteiger partial charge in [0.05, 0.1) is 13.2 Å². The Morgan fingerprint density at radius 1 is 1.06 bits per heavy atom. The molecule has 1 aliphatic heterocycles. The van der Waals surface area contributed by atoms with Gasteiger partial charge in [0.15, 0.2) is 0 Å². The average molecular weight is 268 g/mol. The van der Waals surface area contributed by atoms with Crippen LogP contribution in [-0.4, -0.2) is 77.2 Å². The van der Waals surface area contributed by atoms with Gasteiger partial charge in [-0.15, -0.1) is 0 Å². The van der Waals surface area contributed by atoms with Gasteiger partial charge in [-0.05, 0) is 6.42 Å². The van der Waals surface area contributed by atoms with Crippen LogP contribution in [0.3, 0.4) is 0 Å². The van der Waals surface area contributed by atoms with E-state index in [0.29, 0.717) is 6.42 Å². The summed E-state index contributed by atoms with van der Waals surface area (Å²) in [5, 5.41) is 8.79. The first-order chi connectivity index (χ1) is 8.01. The number of β-amino-alcohol motifs (C(OH)–C–C–N with tert-alkyl or cyclic N) is 1. The molecule has 0 atom stereocenters. The Balaban J connectivity index is 2.04. The molecule has 3 N–H and O–H groups in total. The van der Waals surface area contributed by atoms with Crippen molar-refractivity contribution in [1.29, 1.82) is 0 Å². The molecule has 0 saturated carbocycles. The molecular weight excluding hydrogens is 247 g/mol. The molecule has 0 aromatic rings. The molecule has 0 aromatic carbocycles. The number of hydrogen-bond acceptors (Lipinski definition) is 5. The first-order valence-corrected chi connectivity index (χ1v) is 7.30. The SMILES string of the molecule is O=P(O)(O)OCCCN1CCN(CCO)CC1. The molecule has 8 heteroatoms. The minimum Gasteiger partial charge on any atom is -0.395 e. The molecular formula is C9H21N2O5P. The van der Waals surface area contributed by atoms with E-state index in [1.807, 2.05) is 0 Å². The van der Waals surface area contributed by atoms with E-state index in [0.717, 1.165) is 39.3 Å².